The highest BCUT2D eigenvalue weighted by molar-refractivity contribution is 4.58. The summed E-state index contributed by atoms with van der Waals surface area (Å²) < 4.78 is 2.17. The molecule has 0 N–H and O–H groups in total. The summed E-state index contributed by atoms with van der Waals surface area (Å²) in [4.78, 5) is 2.68. The summed E-state index contributed by atoms with van der Waals surface area (Å²) in [5.41, 5.74) is 0. The van der Waals surface area contributed by atoms with Crippen LogP contribution in [-0.4, -0.2) is 88.9 Å². The summed E-state index contributed by atoms with van der Waals surface area (Å²) in [6, 6.07) is 0. The average molecular weight is 274 g/mol. The fourth-order valence-electron chi connectivity index (χ4n) is 2.25. The Balaban J connectivity index is 3.94. The van der Waals surface area contributed by atoms with E-state index in [0.717, 1.165) is 8.97 Å². The molecule has 0 fully saturated rings. The molecular formula is C16H39N3+2. The van der Waals surface area contributed by atoms with Crippen LogP contribution in [-0.2, 0) is 0 Å². The standard InChI is InChI=1S/C16H39N3/c1-8-9-12-17(13-10-15-18(2,3)4)14-11-16-19(5,6)7/h8-16H2,1-7H3/q+2. The van der Waals surface area contributed by atoms with E-state index in [9.17, 15) is 0 Å². The molecule has 0 aromatic carbocycles. The van der Waals surface area contributed by atoms with Crippen molar-refractivity contribution in [3.63, 3.8) is 0 Å². The van der Waals surface area contributed by atoms with Crippen molar-refractivity contribution in [2.75, 3.05) is 75.0 Å². The van der Waals surface area contributed by atoms with Crippen LogP contribution >= 0.6 is 0 Å². The summed E-state index contributed by atoms with van der Waals surface area (Å²) >= 11 is 0. The number of unbranched alkanes of at least 4 members (excludes halogenated alkanes) is 1. The van der Waals surface area contributed by atoms with Gasteiger partial charge in [-0.3, -0.25) is 0 Å². The number of hydrogen-bond acceptors (Lipinski definition) is 1. The highest BCUT2D eigenvalue weighted by Gasteiger charge is 2.11. The van der Waals surface area contributed by atoms with Crippen molar-refractivity contribution in [2.24, 2.45) is 0 Å². The second-order valence-electron chi connectivity index (χ2n) is 7.93. The molecule has 3 nitrogen and oxygen atoms in total. The van der Waals surface area contributed by atoms with E-state index in [0.29, 0.717) is 0 Å². The Kier molecular flexibility index (Phi) is 8.88. The lowest BCUT2D eigenvalue weighted by Gasteiger charge is -2.28. The van der Waals surface area contributed by atoms with Gasteiger partial charge in [-0.25, -0.2) is 0 Å². The SMILES string of the molecule is CCCCN(CCC[N+](C)(C)C)CCC[N+](C)(C)C. The molecule has 3 heteroatoms. The maximum Gasteiger partial charge on any atom is 0.0792 e. The van der Waals surface area contributed by atoms with Gasteiger partial charge in [0.05, 0.1) is 55.4 Å². The van der Waals surface area contributed by atoms with Crippen LogP contribution in [0.5, 0.6) is 0 Å². The number of nitrogens with zero attached hydrogens (tertiary/aromatic N) is 3. The minimum atomic E-state index is 1.08. The molecule has 0 rings (SSSR count). The molecular weight excluding hydrogens is 234 g/mol. The third-order valence-corrected chi connectivity index (χ3v) is 3.43. The second-order valence-corrected chi connectivity index (χ2v) is 7.93. The van der Waals surface area contributed by atoms with Gasteiger partial charge >= 0.3 is 0 Å². The lowest BCUT2D eigenvalue weighted by molar-refractivity contribution is -0.870. The molecule has 0 radical (unpaired) electrons. The fraction of sp³-hybridized carbons (Fsp3) is 1.00. The molecule has 0 atom stereocenters. The summed E-state index contributed by atoms with van der Waals surface area (Å²) in [6.07, 6.45) is 5.28. The van der Waals surface area contributed by atoms with Gasteiger partial charge < -0.3 is 13.9 Å². The van der Waals surface area contributed by atoms with Gasteiger partial charge in [0.1, 0.15) is 0 Å². The predicted octanol–water partition coefficient (Wildman–Crippen LogP) is 2.28. The van der Waals surface area contributed by atoms with Crippen LogP contribution < -0.4 is 0 Å². The Hall–Kier alpha value is -0.120. The quantitative estimate of drug-likeness (QED) is 0.522. The van der Waals surface area contributed by atoms with E-state index < -0.39 is 0 Å². The van der Waals surface area contributed by atoms with Crippen LogP contribution in [0, 0.1) is 0 Å². The minimum Gasteiger partial charge on any atom is -0.331 e. The maximum atomic E-state index is 2.68. The van der Waals surface area contributed by atoms with Gasteiger partial charge in [0.25, 0.3) is 0 Å². The van der Waals surface area contributed by atoms with Gasteiger partial charge in [-0.15, -0.1) is 0 Å². The number of rotatable bonds is 11. The first-order valence-corrected chi connectivity index (χ1v) is 7.97. The smallest absolute Gasteiger partial charge is 0.0792 e. The summed E-state index contributed by atoms with van der Waals surface area (Å²) in [5, 5.41) is 0. The summed E-state index contributed by atoms with van der Waals surface area (Å²) in [7, 11) is 13.7. The van der Waals surface area contributed by atoms with Gasteiger partial charge in [-0.05, 0) is 13.0 Å². The van der Waals surface area contributed by atoms with Crippen LogP contribution in [0.15, 0.2) is 0 Å². The topological polar surface area (TPSA) is 3.24 Å². The van der Waals surface area contributed by atoms with Gasteiger partial charge in [0, 0.05) is 25.9 Å². The minimum absolute atomic E-state index is 1.08. The average Bonchev–Trinajstić information content (AvgIpc) is 2.21. The monoisotopic (exact) mass is 273 g/mol. The van der Waals surface area contributed by atoms with Crippen molar-refractivity contribution in [3.8, 4) is 0 Å². The summed E-state index contributed by atoms with van der Waals surface area (Å²) in [5.74, 6) is 0. The van der Waals surface area contributed by atoms with Gasteiger partial charge in [-0.1, -0.05) is 13.3 Å². The van der Waals surface area contributed by atoms with E-state index >= 15 is 0 Å². The van der Waals surface area contributed by atoms with Crippen molar-refractivity contribution in [1.29, 1.82) is 0 Å². The van der Waals surface area contributed by atoms with Gasteiger partial charge in [-0.2, -0.15) is 0 Å². The fourth-order valence-corrected chi connectivity index (χ4v) is 2.25. The summed E-state index contributed by atoms with van der Waals surface area (Å²) in [6.45, 7) is 8.66. The van der Waals surface area contributed by atoms with Crippen LogP contribution in [0.4, 0.5) is 0 Å². The Morgan fingerprint density at radius 1 is 0.632 bits per heavy atom. The first kappa shape index (κ1) is 18.9. The van der Waals surface area contributed by atoms with Crippen LogP contribution in [0.3, 0.4) is 0 Å². The van der Waals surface area contributed by atoms with E-state index in [1.807, 2.05) is 0 Å². The zero-order valence-corrected chi connectivity index (χ0v) is 14.7. The number of hydrogen-bond donors (Lipinski definition) is 0. The van der Waals surface area contributed by atoms with Gasteiger partial charge in [0.2, 0.25) is 0 Å². The molecule has 0 aliphatic heterocycles. The lowest BCUT2D eigenvalue weighted by Crippen LogP contribution is -2.39. The maximum absolute atomic E-state index is 2.68. The van der Waals surface area contributed by atoms with Crippen LogP contribution in [0.1, 0.15) is 32.6 Å². The van der Waals surface area contributed by atoms with Crippen molar-refractivity contribution in [3.05, 3.63) is 0 Å². The third kappa shape index (κ3) is 14.1. The first-order chi connectivity index (χ1) is 8.64. The molecule has 0 bridgehead atoms. The highest BCUT2D eigenvalue weighted by atomic mass is 15.3. The van der Waals surface area contributed by atoms with E-state index in [1.54, 1.807) is 0 Å². The molecule has 19 heavy (non-hydrogen) atoms. The first-order valence-electron chi connectivity index (χ1n) is 7.97. The molecule has 0 aromatic rings. The van der Waals surface area contributed by atoms with Crippen LogP contribution in [0.2, 0.25) is 0 Å². The zero-order chi connectivity index (χ0) is 14.9. The molecule has 0 saturated heterocycles. The Bertz CT molecular complexity index is 193. The molecule has 0 aromatic heterocycles. The molecule has 0 aliphatic rings. The normalized spacial score (nSPS) is 13.3. The van der Waals surface area contributed by atoms with Crippen molar-refractivity contribution < 1.29 is 8.97 Å². The van der Waals surface area contributed by atoms with E-state index in [1.165, 1.54) is 58.4 Å². The van der Waals surface area contributed by atoms with E-state index in [2.05, 4.69) is 54.1 Å². The highest BCUT2D eigenvalue weighted by Crippen LogP contribution is 2.03. The third-order valence-electron chi connectivity index (χ3n) is 3.43. The van der Waals surface area contributed by atoms with Crippen molar-refractivity contribution in [1.82, 2.24) is 4.90 Å². The van der Waals surface area contributed by atoms with Crippen molar-refractivity contribution >= 4 is 0 Å². The van der Waals surface area contributed by atoms with Crippen LogP contribution in [0.25, 0.3) is 0 Å². The molecule has 0 amide bonds. The molecule has 116 valence electrons. The lowest BCUT2D eigenvalue weighted by atomic mass is 10.2. The predicted molar refractivity (Wildman–Crippen MR) is 86.4 cm³/mol. The number of quaternary nitrogens is 2. The molecule has 0 spiro atoms. The zero-order valence-electron chi connectivity index (χ0n) is 14.7. The van der Waals surface area contributed by atoms with E-state index in [4.69, 9.17) is 0 Å². The molecule has 0 unspecified atom stereocenters. The Morgan fingerprint density at radius 2 is 1.00 bits per heavy atom. The Morgan fingerprint density at radius 3 is 1.32 bits per heavy atom. The molecule has 0 aliphatic carbocycles. The molecule has 0 saturated carbocycles. The van der Waals surface area contributed by atoms with Gasteiger partial charge in [0.15, 0.2) is 0 Å². The largest absolute Gasteiger partial charge is 0.331 e. The van der Waals surface area contributed by atoms with Crippen molar-refractivity contribution in [2.45, 2.75) is 32.6 Å². The van der Waals surface area contributed by atoms with E-state index in [-0.39, 0.29) is 0 Å². The Labute approximate surface area is 122 Å². The second kappa shape index (κ2) is 8.93. The molecule has 0 heterocycles.